The summed E-state index contributed by atoms with van der Waals surface area (Å²) in [6.07, 6.45) is 4.80. The minimum absolute atomic E-state index is 0.450. The first kappa shape index (κ1) is 16.1. The fraction of sp³-hybridized carbons (Fsp3) is 0.529. The number of hydrogen-bond donors (Lipinski definition) is 1. The van der Waals surface area contributed by atoms with Gasteiger partial charge in [-0.3, -0.25) is 4.98 Å². The third kappa shape index (κ3) is 3.89. The van der Waals surface area contributed by atoms with Gasteiger partial charge in [-0.15, -0.1) is 11.3 Å². The standard InChI is InChI=1S/C17H25N3S/c1-6-13-9-18-8-7-14(13)17-20-16(11(2)3)15(21-17)10-19-12(4)5/h7-9,11-12,19H,6,10H2,1-5H3. The molecule has 1 N–H and O–H groups in total. The first-order chi connectivity index (χ1) is 10.0. The summed E-state index contributed by atoms with van der Waals surface area (Å²) in [6.45, 7) is 11.8. The third-order valence-electron chi connectivity index (χ3n) is 3.46. The Morgan fingerprint density at radius 3 is 2.62 bits per heavy atom. The molecule has 0 fully saturated rings. The Morgan fingerprint density at radius 1 is 1.24 bits per heavy atom. The van der Waals surface area contributed by atoms with Crippen molar-refractivity contribution in [3.8, 4) is 10.6 Å². The number of nitrogens with zero attached hydrogens (tertiary/aromatic N) is 2. The molecule has 2 rings (SSSR count). The van der Waals surface area contributed by atoms with Crippen LogP contribution in [0.2, 0.25) is 0 Å². The molecule has 0 aliphatic rings. The number of rotatable bonds is 6. The first-order valence-corrected chi connectivity index (χ1v) is 8.50. The Labute approximate surface area is 131 Å². The van der Waals surface area contributed by atoms with Crippen molar-refractivity contribution in [2.24, 2.45) is 0 Å². The Morgan fingerprint density at radius 2 is 2.00 bits per heavy atom. The zero-order valence-electron chi connectivity index (χ0n) is 13.6. The number of aryl methyl sites for hydroxylation is 1. The van der Waals surface area contributed by atoms with E-state index in [0.717, 1.165) is 18.0 Å². The van der Waals surface area contributed by atoms with Gasteiger partial charge in [-0.2, -0.15) is 0 Å². The van der Waals surface area contributed by atoms with E-state index in [1.54, 1.807) is 0 Å². The predicted octanol–water partition coefficient (Wildman–Crippen LogP) is 4.39. The summed E-state index contributed by atoms with van der Waals surface area (Å²) in [4.78, 5) is 10.5. The zero-order chi connectivity index (χ0) is 15.4. The molecule has 3 nitrogen and oxygen atoms in total. The molecule has 0 spiro atoms. The van der Waals surface area contributed by atoms with Gasteiger partial charge >= 0.3 is 0 Å². The monoisotopic (exact) mass is 303 g/mol. The van der Waals surface area contributed by atoms with Crippen molar-refractivity contribution >= 4 is 11.3 Å². The van der Waals surface area contributed by atoms with E-state index in [1.165, 1.54) is 21.7 Å². The fourth-order valence-electron chi connectivity index (χ4n) is 2.27. The molecule has 21 heavy (non-hydrogen) atoms. The highest BCUT2D eigenvalue weighted by Crippen LogP contribution is 2.33. The van der Waals surface area contributed by atoms with Crippen molar-refractivity contribution in [3.63, 3.8) is 0 Å². The molecule has 0 saturated carbocycles. The van der Waals surface area contributed by atoms with Crippen molar-refractivity contribution in [2.75, 3.05) is 0 Å². The predicted molar refractivity (Wildman–Crippen MR) is 90.8 cm³/mol. The van der Waals surface area contributed by atoms with E-state index >= 15 is 0 Å². The number of hydrogen-bond acceptors (Lipinski definition) is 4. The molecule has 0 aromatic carbocycles. The maximum atomic E-state index is 4.92. The minimum atomic E-state index is 0.450. The maximum Gasteiger partial charge on any atom is 0.124 e. The van der Waals surface area contributed by atoms with Gasteiger partial charge in [-0.05, 0) is 24.0 Å². The lowest BCUT2D eigenvalue weighted by Gasteiger charge is -2.09. The topological polar surface area (TPSA) is 37.8 Å². The van der Waals surface area contributed by atoms with E-state index in [2.05, 4.69) is 51.0 Å². The number of aromatic nitrogens is 2. The second-order valence-electron chi connectivity index (χ2n) is 5.90. The Hall–Kier alpha value is -1.26. The summed E-state index contributed by atoms with van der Waals surface area (Å²) < 4.78 is 0. The van der Waals surface area contributed by atoms with Crippen LogP contribution >= 0.6 is 11.3 Å². The molecule has 4 heteroatoms. The summed E-state index contributed by atoms with van der Waals surface area (Å²) in [5.74, 6) is 0.450. The average Bonchev–Trinajstić information content (AvgIpc) is 2.89. The van der Waals surface area contributed by atoms with Crippen LogP contribution in [-0.2, 0) is 13.0 Å². The van der Waals surface area contributed by atoms with E-state index in [4.69, 9.17) is 4.98 Å². The van der Waals surface area contributed by atoms with Gasteiger partial charge in [0.25, 0.3) is 0 Å². The highest BCUT2D eigenvalue weighted by atomic mass is 32.1. The molecule has 0 aliphatic heterocycles. The van der Waals surface area contributed by atoms with E-state index < -0.39 is 0 Å². The van der Waals surface area contributed by atoms with Crippen molar-refractivity contribution in [2.45, 2.75) is 59.5 Å². The van der Waals surface area contributed by atoms with Crippen molar-refractivity contribution in [1.82, 2.24) is 15.3 Å². The van der Waals surface area contributed by atoms with Gasteiger partial charge in [0.2, 0.25) is 0 Å². The molecule has 0 unspecified atom stereocenters. The lowest BCUT2D eigenvalue weighted by molar-refractivity contribution is 0.588. The van der Waals surface area contributed by atoms with Gasteiger partial charge in [0, 0.05) is 35.4 Å². The molecule has 2 aromatic rings. The Bertz CT molecular complexity index is 587. The first-order valence-electron chi connectivity index (χ1n) is 7.69. The number of nitrogens with one attached hydrogen (secondary N) is 1. The summed E-state index contributed by atoms with van der Waals surface area (Å²) in [5, 5.41) is 4.63. The summed E-state index contributed by atoms with van der Waals surface area (Å²) in [7, 11) is 0. The average molecular weight is 303 g/mol. The molecular weight excluding hydrogens is 278 g/mol. The molecule has 114 valence electrons. The highest BCUT2D eigenvalue weighted by Gasteiger charge is 2.16. The SMILES string of the molecule is CCc1cnccc1-c1nc(C(C)C)c(CNC(C)C)s1. The van der Waals surface area contributed by atoms with Gasteiger partial charge in [0.15, 0.2) is 0 Å². The van der Waals surface area contributed by atoms with E-state index in [0.29, 0.717) is 12.0 Å². The lowest BCUT2D eigenvalue weighted by atomic mass is 10.1. The van der Waals surface area contributed by atoms with Crippen LogP contribution in [0.5, 0.6) is 0 Å². The van der Waals surface area contributed by atoms with Crippen LogP contribution in [0.4, 0.5) is 0 Å². The largest absolute Gasteiger partial charge is 0.310 e. The zero-order valence-corrected chi connectivity index (χ0v) is 14.4. The van der Waals surface area contributed by atoms with Crippen LogP contribution in [0.3, 0.4) is 0 Å². The van der Waals surface area contributed by atoms with Gasteiger partial charge in [-0.25, -0.2) is 4.98 Å². The smallest absolute Gasteiger partial charge is 0.124 e. The van der Waals surface area contributed by atoms with Crippen LogP contribution in [-0.4, -0.2) is 16.0 Å². The number of thiazole rings is 1. The van der Waals surface area contributed by atoms with Crippen LogP contribution in [0.1, 0.15) is 56.7 Å². The quantitative estimate of drug-likeness (QED) is 0.860. The van der Waals surface area contributed by atoms with Crippen molar-refractivity contribution in [1.29, 1.82) is 0 Å². The van der Waals surface area contributed by atoms with Gasteiger partial charge in [-0.1, -0.05) is 34.6 Å². The molecule has 0 aliphatic carbocycles. The third-order valence-corrected chi connectivity index (χ3v) is 4.56. The van der Waals surface area contributed by atoms with E-state index in [9.17, 15) is 0 Å². The Kier molecular flexibility index (Phi) is 5.48. The molecule has 2 heterocycles. The number of pyridine rings is 1. The molecule has 2 aromatic heterocycles. The summed E-state index contributed by atoms with van der Waals surface area (Å²) in [6, 6.07) is 2.57. The van der Waals surface area contributed by atoms with Crippen LogP contribution in [0.15, 0.2) is 18.5 Å². The molecule has 0 amide bonds. The highest BCUT2D eigenvalue weighted by molar-refractivity contribution is 7.15. The second kappa shape index (κ2) is 7.14. The van der Waals surface area contributed by atoms with Crippen LogP contribution in [0, 0.1) is 0 Å². The molecule has 0 saturated heterocycles. The Balaban J connectivity index is 2.39. The molecular formula is C17H25N3S. The second-order valence-corrected chi connectivity index (χ2v) is 6.99. The van der Waals surface area contributed by atoms with E-state index in [-0.39, 0.29) is 0 Å². The minimum Gasteiger partial charge on any atom is -0.310 e. The van der Waals surface area contributed by atoms with Gasteiger partial charge < -0.3 is 5.32 Å². The maximum absolute atomic E-state index is 4.92. The summed E-state index contributed by atoms with van der Waals surface area (Å²) >= 11 is 1.81. The molecule has 0 bridgehead atoms. The lowest BCUT2D eigenvalue weighted by Crippen LogP contribution is -2.22. The van der Waals surface area contributed by atoms with Crippen LogP contribution in [0.25, 0.3) is 10.6 Å². The van der Waals surface area contributed by atoms with Gasteiger partial charge in [0.05, 0.1) is 5.69 Å². The van der Waals surface area contributed by atoms with Crippen molar-refractivity contribution < 1.29 is 0 Å². The van der Waals surface area contributed by atoms with E-state index in [1.807, 2.05) is 23.7 Å². The fourth-order valence-corrected chi connectivity index (χ4v) is 3.50. The van der Waals surface area contributed by atoms with Crippen molar-refractivity contribution in [3.05, 3.63) is 34.6 Å². The normalized spacial score (nSPS) is 11.6. The van der Waals surface area contributed by atoms with Crippen LogP contribution < -0.4 is 5.32 Å². The summed E-state index contributed by atoms with van der Waals surface area (Å²) in [5.41, 5.74) is 3.72. The molecule has 0 atom stereocenters. The van der Waals surface area contributed by atoms with Gasteiger partial charge in [0.1, 0.15) is 5.01 Å². The molecule has 0 radical (unpaired) electrons.